The Bertz CT molecular complexity index is 183. The van der Waals surface area contributed by atoms with Crippen molar-refractivity contribution in [3.63, 3.8) is 0 Å². The molecule has 0 atom stereocenters. The van der Waals surface area contributed by atoms with Crippen molar-refractivity contribution in [2.45, 2.75) is 79.7 Å². The van der Waals surface area contributed by atoms with Crippen molar-refractivity contribution in [2.75, 3.05) is 19.6 Å². The normalized spacial score (nSPS) is 12.7. The fraction of sp³-hybridized carbons (Fsp3) is 1.00. The smallest absolute Gasteiger partial charge is 0.101 e. The van der Waals surface area contributed by atoms with Gasteiger partial charge in [0.2, 0.25) is 0 Å². The molecule has 112 valence electrons. The van der Waals surface area contributed by atoms with Gasteiger partial charge < -0.3 is 9.96 Å². The molecule has 1 N–H and O–H groups in total. The molecule has 0 bridgehead atoms. The summed E-state index contributed by atoms with van der Waals surface area (Å²) in [5.41, 5.74) is 0.502. The maximum atomic E-state index is 2.41. The van der Waals surface area contributed by atoms with Gasteiger partial charge in [-0.15, -0.1) is 0 Å². The number of quaternary nitrogens is 1. The summed E-state index contributed by atoms with van der Waals surface area (Å²) in [4.78, 5) is 0. The van der Waals surface area contributed by atoms with Gasteiger partial charge in [0.15, 0.2) is 0 Å². The largest absolute Gasteiger partial charge is 0.870 e. The molecule has 0 aromatic rings. The van der Waals surface area contributed by atoms with E-state index < -0.39 is 0 Å². The van der Waals surface area contributed by atoms with E-state index in [4.69, 9.17) is 0 Å². The zero-order chi connectivity index (χ0) is 13.5. The Hall–Kier alpha value is -0.0800. The Labute approximate surface area is 116 Å². The van der Waals surface area contributed by atoms with Crippen LogP contribution in [0.2, 0.25) is 0 Å². The van der Waals surface area contributed by atoms with Gasteiger partial charge in [-0.3, -0.25) is 0 Å². The van der Waals surface area contributed by atoms with Crippen LogP contribution in [0.25, 0.3) is 0 Å². The van der Waals surface area contributed by atoms with E-state index in [1.165, 1.54) is 49.8 Å². The van der Waals surface area contributed by atoms with Crippen molar-refractivity contribution in [1.29, 1.82) is 0 Å². The monoisotopic (exact) mass is 259 g/mol. The Kier molecular flexibility index (Phi) is 10.0. The van der Waals surface area contributed by atoms with Crippen molar-refractivity contribution < 1.29 is 9.96 Å². The van der Waals surface area contributed by atoms with E-state index in [9.17, 15) is 0 Å². The van der Waals surface area contributed by atoms with Crippen LogP contribution in [0.1, 0.15) is 74.1 Å². The standard InChI is InChI=1S/C16H36N.H2O/c1-8-15(9-2)16(10-3,11-4)17(12-5,13-6)14-7;/h15H,8-14H2,1-7H3;1H2/q+1;/p-1. The fourth-order valence-electron chi connectivity index (χ4n) is 4.55. The SMILES string of the molecule is CCC(CC)C(CC)(CC)[N+](CC)(CC)CC.[OH-]. The molecule has 0 aliphatic heterocycles. The molecule has 0 aromatic carbocycles. The van der Waals surface area contributed by atoms with Crippen molar-refractivity contribution in [3.05, 3.63) is 0 Å². The maximum Gasteiger partial charge on any atom is 0.101 e. The van der Waals surface area contributed by atoms with E-state index in [0.717, 1.165) is 5.92 Å². The van der Waals surface area contributed by atoms with Gasteiger partial charge in [0.05, 0.1) is 19.6 Å². The zero-order valence-electron chi connectivity index (χ0n) is 13.9. The molecular weight excluding hydrogens is 222 g/mol. The van der Waals surface area contributed by atoms with Gasteiger partial charge in [-0.2, -0.15) is 0 Å². The summed E-state index contributed by atoms with van der Waals surface area (Å²) in [5.74, 6) is 0.873. The third-order valence-corrected chi connectivity index (χ3v) is 5.73. The fourth-order valence-corrected chi connectivity index (χ4v) is 4.55. The minimum atomic E-state index is 0. The minimum Gasteiger partial charge on any atom is -0.870 e. The second-order valence-electron chi connectivity index (χ2n) is 5.42. The van der Waals surface area contributed by atoms with Gasteiger partial charge in [-0.25, -0.2) is 0 Å². The van der Waals surface area contributed by atoms with Gasteiger partial charge in [-0.05, 0) is 46.5 Å². The van der Waals surface area contributed by atoms with Crippen molar-refractivity contribution in [1.82, 2.24) is 0 Å². The molecule has 0 aromatic heterocycles. The van der Waals surface area contributed by atoms with Gasteiger partial charge in [0, 0.05) is 5.92 Å². The predicted molar refractivity (Wildman–Crippen MR) is 81.2 cm³/mol. The highest BCUT2D eigenvalue weighted by atomic mass is 16.0. The van der Waals surface area contributed by atoms with Gasteiger partial charge in [0.1, 0.15) is 5.54 Å². The third kappa shape index (κ3) is 3.08. The highest BCUT2D eigenvalue weighted by Crippen LogP contribution is 2.41. The molecule has 2 heteroatoms. The van der Waals surface area contributed by atoms with E-state index in [1.54, 1.807) is 0 Å². The van der Waals surface area contributed by atoms with Crippen molar-refractivity contribution in [2.24, 2.45) is 5.92 Å². The van der Waals surface area contributed by atoms with Crippen LogP contribution in [0.3, 0.4) is 0 Å². The summed E-state index contributed by atoms with van der Waals surface area (Å²) < 4.78 is 1.31. The van der Waals surface area contributed by atoms with E-state index in [-0.39, 0.29) is 5.48 Å². The van der Waals surface area contributed by atoms with Crippen molar-refractivity contribution >= 4 is 0 Å². The summed E-state index contributed by atoms with van der Waals surface area (Å²) in [7, 11) is 0. The molecule has 0 spiro atoms. The molecule has 0 aliphatic carbocycles. The molecule has 0 radical (unpaired) electrons. The summed E-state index contributed by atoms with van der Waals surface area (Å²) in [5, 5.41) is 0. The number of hydrogen-bond donors (Lipinski definition) is 0. The lowest BCUT2D eigenvalue weighted by molar-refractivity contribution is -0.977. The van der Waals surface area contributed by atoms with Crippen LogP contribution in [0, 0.1) is 5.92 Å². The Morgan fingerprint density at radius 2 is 1.06 bits per heavy atom. The van der Waals surface area contributed by atoms with Gasteiger partial charge in [0.25, 0.3) is 0 Å². The van der Waals surface area contributed by atoms with E-state index in [2.05, 4.69) is 48.5 Å². The summed E-state index contributed by atoms with van der Waals surface area (Å²) in [6, 6.07) is 0. The number of rotatable bonds is 9. The van der Waals surface area contributed by atoms with E-state index >= 15 is 0 Å². The van der Waals surface area contributed by atoms with Crippen molar-refractivity contribution in [3.8, 4) is 0 Å². The first kappa shape index (κ1) is 20.2. The Balaban J connectivity index is 0. The third-order valence-electron chi connectivity index (χ3n) is 5.73. The molecule has 0 saturated carbocycles. The Morgan fingerprint density at radius 1 is 0.722 bits per heavy atom. The summed E-state index contributed by atoms with van der Waals surface area (Å²) in [6.07, 6.45) is 5.31. The van der Waals surface area contributed by atoms with Crippen LogP contribution < -0.4 is 0 Å². The highest BCUT2D eigenvalue weighted by Gasteiger charge is 2.49. The molecular formula is C16H37NO. The molecule has 18 heavy (non-hydrogen) atoms. The molecule has 0 heterocycles. The number of nitrogens with zero attached hydrogens (tertiary/aromatic N) is 1. The highest BCUT2D eigenvalue weighted by molar-refractivity contribution is 4.86. The minimum absolute atomic E-state index is 0. The summed E-state index contributed by atoms with van der Waals surface area (Å²) in [6.45, 7) is 20.6. The molecule has 0 rings (SSSR count). The van der Waals surface area contributed by atoms with E-state index in [0.29, 0.717) is 5.54 Å². The molecule has 0 unspecified atom stereocenters. The number of hydrogen-bond acceptors (Lipinski definition) is 1. The second-order valence-corrected chi connectivity index (χ2v) is 5.42. The second kappa shape index (κ2) is 8.92. The molecule has 2 nitrogen and oxygen atoms in total. The molecule has 0 saturated heterocycles. The zero-order valence-corrected chi connectivity index (χ0v) is 13.9. The average molecular weight is 259 g/mol. The van der Waals surface area contributed by atoms with Crippen LogP contribution in [-0.2, 0) is 0 Å². The molecule has 0 aliphatic rings. The predicted octanol–water partition coefficient (Wildman–Crippen LogP) is 4.68. The quantitative estimate of drug-likeness (QED) is 0.553. The van der Waals surface area contributed by atoms with Gasteiger partial charge >= 0.3 is 0 Å². The topological polar surface area (TPSA) is 30.0 Å². The lowest BCUT2D eigenvalue weighted by Crippen LogP contribution is -2.67. The van der Waals surface area contributed by atoms with Crippen LogP contribution in [0.15, 0.2) is 0 Å². The first-order chi connectivity index (χ1) is 8.07. The van der Waals surface area contributed by atoms with Gasteiger partial charge in [-0.1, -0.05) is 27.7 Å². The first-order valence-corrected chi connectivity index (χ1v) is 7.93. The first-order valence-electron chi connectivity index (χ1n) is 7.93. The summed E-state index contributed by atoms with van der Waals surface area (Å²) >= 11 is 0. The van der Waals surface area contributed by atoms with Crippen LogP contribution in [0.5, 0.6) is 0 Å². The molecule has 0 fully saturated rings. The van der Waals surface area contributed by atoms with E-state index in [1.807, 2.05) is 0 Å². The van der Waals surface area contributed by atoms with Crippen LogP contribution >= 0.6 is 0 Å². The molecule has 0 amide bonds. The van der Waals surface area contributed by atoms with Crippen LogP contribution in [-0.4, -0.2) is 35.1 Å². The average Bonchev–Trinajstić information content (AvgIpc) is 2.40. The lowest BCUT2D eigenvalue weighted by Gasteiger charge is -2.56. The lowest BCUT2D eigenvalue weighted by atomic mass is 9.73. The van der Waals surface area contributed by atoms with Crippen LogP contribution in [0.4, 0.5) is 0 Å². The maximum absolute atomic E-state index is 2.41. The Morgan fingerprint density at radius 3 is 1.22 bits per heavy atom.